The van der Waals surface area contributed by atoms with E-state index >= 15 is 0 Å². The van der Waals surface area contributed by atoms with E-state index < -0.39 is 12.1 Å². The molecule has 1 aliphatic carbocycles. The molecular weight excluding hydrogens is 322 g/mol. The molecule has 2 aliphatic heterocycles. The molecule has 0 N–H and O–H groups in total. The number of hydrogen-bond donors (Lipinski definition) is 0. The van der Waals surface area contributed by atoms with Crippen LogP contribution in [0.15, 0.2) is 30.3 Å². The molecule has 1 amide bonds. The zero-order chi connectivity index (χ0) is 17.3. The fourth-order valence-corrected chi connectivity index (χ4v) is 3.86. The number of nitrogens with zero attached hydrogens (tertiary/aromatic N) is 1. The molecule has 0 radical (unpaired) electrons. The molecule has 3 aliphatic rings. The largest absolute Gasteiger partial charge is 0.493 e. The molecular formula is C19H23NO5. The number of rotatable bonds is 5. The number of para-hydroxylation sites is 1. The minimum absolute atomic E-state index is 0.0229. The fourth-order valence-electron chi connectivity index (χ4n) is 3.86. The molecule has 0 unspecified atom stereocenters. The Bertz CT molecular complexity index is 642. The lowest BCUT2D eigenvalue weighted by molar-refractivity contribution is -0.121. The molecule has 0 spiro atoms. The van der Waals surface area contributed by atoms with Gasteiger partial charge in [0.2, 0.25) is 0 Å². The van der Waals surface area contributed by atoms with Gasteiger partial charge in [-0.3, -0.25) is 9.69 Å². The molecule has 2 saturated heterocycles. The summed E-state index contributed by atoms with van der Waals surface area (Å²) in [6.45, 7) is 1.50. The number of benzene rings is 1. The first kappa shape index (κ1) is 16.4. The quantitative estimate of drug-likeness (QED) is 0.820. The van der Waals surface area contributed by atoms with Gasteiger partial charge in [0, 0.05) is 12.0 Å². The third-order valence-electron chi connectivity index (χ3n) is 5.55. The maximum Gasteiger partial charge on any atom is 0.410 e. The molecule has 25 heavy (non-hydrogen) atoms. The van der Waals surface area contributed by atoms with Crippen molar-refractivity contribution in [3.05, 3.63) is 30.3 Å². The number of carbonyl (C=O) groups is 2. The van der Waals surface area contributed by atoms with E-state index in [4.69, 9.17) is 14.2 Å². The molecule has 0 bridgehead atoms. The monoisotopic (exact) mass is 345 g/mol. The highest BCUT2D eigenvalue weighted by Crippen LogP contribution is 2.42. The standard InChI is InChI=1S/C19H23NO5/c21-15-11-23-16-7-10-20(17(15)16)18(22)25-13-19(8-4-9-19)12-24-14-5-2-1-3-6-14/h1-3,5-6,16-17H,4,7-13H2/t16-,17-/m1/s1. The van der Waals surface area contributed by atoms with Gasteiger partial charge in [0.05, 0.1) is 12.7 Å². The van der Waals surface area contributed by atoms with E-state index in [0.717, 1.165) is 25.0 Å². The lowest BCUT2D eigenvalue weighted by Crippen LogP contribution is -2.45. The van der Waals surface area contributed by atoms with Gasteiger partial charge < -0.3 is 14.2 Å². The van der Waals surface area contributed by atoms with Gasteiger partial charge in [-0.25, -0.2) is 4.79 Å². The summed E-state index contributed by atoms with van der Waals surface area (Å²) >= 11 is 0. The van der Waals surface area contributed by atoms with E-state index in [1.807, 2.05) is 30.3 Å². The van der Waals surface area contributed by atoms with Crippen molar-refractivity contribution in [3.8, 4) is 5.75 Å². The fraction of sp³-hybridized carbons (Fsp3) is 0.579. The predicted molar refractivity (Wildman–Crippen MR) is 89.4 cm³/mol. The number of carbonyl (C=O) groups excluding carboxylic acids is 2. The first-order chi connectivity index (χ1) is 12.2. The molecule has 0 aromatic heterocycles. The number of Topliss-reactive ketones (excluding diaryl/α,β-unsaturated/α-hetero) is 1. The topological polar surface area (TPSA) is 65.1 Å². The van der Waals surface area contributed by atoms with Crippen LogP contribution in [0.1, 0.15) is 25.7 Å². The van der Waals surface area contributed by atoms with Crippen LogP contribution in [-0.2, 0) is 14.3 Å². The summed E-state index contributed by atoms with van der Waals surface area (Å²) in [4.78, 5) is 25.9. The third-order valence-corrected chi connectivity index (χ3v) is 5.55. The Labute approximate surface area is 147 Å². The van der Waals surface area contributed by atoms with E-state index in [0.29, 0.717) is 26.2 Å². The van der Waals surface area contributed by atoms with Gasteiger partial charge in [-0.05, 0) is 31.4 Å². The molecule has 2 heterocycles. The van der Waals surface area contributed by atoms with Crippen LogP contribution in [-0.4, -0.2) is 55.3 Å². The minimum atomic E-state index is -0.453. The van der Waals surface area contributed by atoms with Crippen LogP contribution in [0.5, 0.6) is 5.75 Å². The van der Waals surface area contributed by atoms with E-state index in [1.165, 1.54) is 4.90 Å². The molecule has 3 fully saturated rings. The highest BCUT2D eigenvalue weighted by Gasteiger charge is 2.48. The van der Waals surface area contributed by atoms with Crippen LogP contribution >= 0.6 is 0 Å². The van der Waals surface area contributed by atoms with Crippen molar-refractivity contribution in [1.82, 2.24) is 4.90 Å². The second-order valence-corrected chi connectivity index (χ2v) is 7.25. The number of ketones is 1. The van der Waals surface area contributed by atoms with Crippen LogP contribution in [0.2, 0.25) is 0 Å². The summed E-state index contributed by atoms with van der Waals surface area (Å²) in [7, 11) is 0. The molecule has 2 atom stereocenters. The zero-order valence-electron chi connectivity index (χ0n) is 14.2. The maximum absolute atomic E-state index is 12.4. The molecule has 1 saturated carbocycles. The molecule has 6 nitrogen and oxygen atoms in total. The molecule has 134 valence electrons. The second-order valence-electron chi connectivity index (χ2n) is 7.25. The van der Waals surface area contributed by atoms with Crippen LogP contribution in [0, 0.1) is 5.41 Å². The van der Waals surface area contributed by atoms with Crippen LogP contribution in [0.4, 0.5) is 4.79 Å². The smallest absolute Gasteiger partial charge is 0.410 e. The van der Waals surface area contributed by atoms with Crippen LogP contribution < -0.4 is 4.74 Å². The second kappa shape index (κ2) is 6.67. The van der Waals surface area contributed by atoms with E-state index in [9.17, 15) is 9.59 Å². The Balaban J connectivity index is 1.31. The highest BCUT2D eigenvalue weighted by molar-refractivity contribution is 5.91. The number of fused-ring (bicyclic) bond motifs is 1. The Morgan fingerprint density at radius 1 is 1.24 bits per heavy atom. The van der Waals surface area contributed by atoms with Crippen LogP contribution in [0.25, 0.3) is 0 Å². The van der Waals surface area contributed by atoms with Crippen molar-refractivity contribution in [2.45, 2.75) is 37.8 Å². The van der Waals surface area contributed by atoms with Gasteiger partial charge in [-0.15, -0.1) is 0 Å². The van der Waals surface area contributed by atoms with Crippen molar-refractivity contribution < 1.29 is 23.8 Å². The van der Waals surface area contributed by atoms with Crippen molar-refractivity contribution in [1.29, 1.82) is 0 Å². The number of hydrogen-bond acceptors (Lipinski definition) is 5. The van der Waals surface area contributed by atoms with Crippen molar-refractivity contribution in [2.75, 3.05) is 26.4 Å². The minimum Gasteiger partial charge on any atom is -0.493 e. The van der Waals surface area contributed by atoms with Gasteiger partial charge in [-0.1, -0.05) is 24.6 Å². The molecule has 6 heteroatoms. The first-order valence-corrected chi connectivity index (χ1v) is 8.92. The van der Waals surface area contributed by atoms with Crippen LogP contribution in [0.3, 0.4) is 0 Å². The number of ether oxygens (including phenoxy) is 3. The maximum atomic E-state index is 12.4. The van der Waals surface area contributed by atoms with E-state index in [2.05, 4.69) is 0 Å². The van der Waals surface area contributed by atoms with Crippen molar-refractivity contribution >= 4 is 11.9 Å². The van der Waals surface area contributed by atoms with Gasteiger partial charge in [-0.2, -0.15) is 0 Å². The van der Waals surface area contributed by atoms with Gasteiger partial charge in [0.25, 0.3) is 0 Å². The van der Waals surface area contributed by atoms with Gasteiger partial charge in [0.1, 0.15) is 25.0 Å². The van der Waals surface area contributed by atoms with Crippen molar-refractivity contribution in [3.63, 3.8) is 0 Å². The number of likely N-dealkylation sites (tertiary alicyclic amines) is 1. The lowest BCUT2D eigenvalue weighted by Gasteiger charge is -2.41. The average molecular weight is 345 g/mol. The lowest BCUT2D eigenvalue weighted by atomic mass is 9.70. The third kappa shape index (κ3) is 3.23. The molecule has 4 rings (SSSR count). The summed E-state index contributed by atoms with van der Waals surface area (Å²) in [5.41, 5.74) is -0.110. The van der Waals surface area contributed by atoms with E-state index in [-0.39, 0.29) is 23.9 Å². The van der Waals surface area contributed by atoms with E-state index in [1.54, 1.807) is 0 Å². The summed E-state index contributed by atoms with van der Waals surface area (Å²) < 4.78 is 16.9. The number of amides is 1. The Hall–Kier alpha value is -2.08. The summed E-state index contributed by atoms with van der Waals surface area (Å²) in [5.74, 6) is 0.807. The first-order valence-electron chi connectivity index (χ1n) is 8.92. The Morgan fingerprint density at radius 2 is 2.04 bits per heavy atom. The SMILES string of the molecule is O=C1CO[C@@H]2CCN(C(=O)OCC3(COc4ccccc4)CCC3)[C@H]12. The Morgan fingerprint density at radius 3 is 2.76 bits per heavy atom. The van der Waals surface area contributed by atoms with Crippen molar-refractivity contribution in [2.24, 2.45) is 5.41 Å². The van der Waals surface area contributed by atoms with Gasteiger partial charge >= 0.3 is 6.09 Å². The average Bonchev–Trinajstić information content (AvgIpc) is 3.18. The predicted octanol–water partition coefficient (Wildman–Crippen LogP) is 2.41. The Kier molecular flexibility index (Phi) is 4.37. The summed E-state index contributed by atoms with van der Waals surface area (Å²) in [6, 6.07) is 9.22. The summed E-state index contributed by atoms with van der Waals surface area (Å²) in [6.07, 6.45) is 3.24. The molecule has 1 aromatic carbocycles. The molecule has 1 aromatic rings. The highest BCUT2D eigenvalue weighted by atomic mass is 16.6. The normalized spacial score (nSPS) is 26.9. The van der Waals surface area contributed by atoms with Gasteiger partial charge in [0.15, 0.2) is 5.78 Å². The summed E-state index contributed by atoms with van der Waals surface area (Å²) in [5, 5.41) is 0. The zero-order valence-corrected chi connectivity index (χ0v) is 14.2.